The molecule has 4 rings (SSSR count). The molecule has 0 amide bonds. The minimum absolute atomic E-state index is 0.0188. The third-order valence-corrected chi connectivity index (χ3v) is 11.6. The molecule has 0 radical (unpaired) electrons. The van der Waals surface area contributed by atoms with E-state index in [-0.39, 0.29) is 5.54 Å². The second-order valence-electron chi connectivity index (χ2n) is 14.2. The second-order valence-corrected chi connectivity index (χ2v) is 14.2. The van der Waals surface area contributed by atoms with Gasteiger partial charge in [0.1, 0.15) is 0 Å². The standard InChI is InChI=1S/C33H59NO/c1-6-7-8-9-12-23-35-28-18-20-32(5)27(24-28)17-22-33(34)29-16-15-26(14-11-10-13-25(2)3)31(29,4)21-19-30(32)33/h17,25-26,28-30H,6-16,18-24,34H2,1-5H3. The molecule has 2 nitrogen and oxygen atoms in total. The minimum atomic E-state index is 0.0188. The predicted molar refractivity (Wildman–Crippen MR) is 150 cm³/mol. The summed E-state index contributed by atoms with van der Waals surface area (Å²) >= 11 is 0. The van der Waals surface area contributed by atoms with Crippen molar-refractivity contribution in [2.24, 2.45) is 40.2 Å². The summed E-state index contributed by atoms with van der Waals surface area (Å²) in [5, 5.41) is 0. The van der Waals surface area contributed by atoms with Gasteiger partial charge in [0.05, 0.1) is 6.10 Å². The number of hydrogen-bond acceptors (Lipinski definition) is 2. The van der Waals surface area contributed by atoms with Crippen LogP contribution in [0.15, 0.2) is 11.6 Å². The fraction of sp³-hybridized carbons (Fsp3) is 0.939. The van der Waals surface area contributed by atoms with Crippen molar-refractivity contribution < 1.29 is 4.74 Å². The fourth-order valence-electron chi connectivity index (χ4n) is 9.47. The first-order valence-electron chi connectivity index (χ1n) is 15.8. The van der Waals surface area contributed by atoms with Crippen LogP contribution < -0.4 is 5.73 Å². The van der Waals surface area contributed by atoms with Crippen molar-refractivity contribution in [3.8, 4) is 0 Å². The summed E-state index contributed by atoms with van der Waals surface area (Å²) in [5.41, 5.74) is 10.1. The van der Waals surface area contributed by atoms with Gasteiger partial charge in [-0.05, 0) is 98.7 Å². The Labute approximate surface area is 218 Å². The molecule has 0 aromatic rings. The van der Waals surface area contributed by atoms with E-state index >= 15 is 0 Å². The van der Waals surface area contributed by atoms with Crippen LogP contribution in [0.4, 0.5) is 0 Å². The lowest BCUT2D eigenvalue weighted by molar-refractivity contribution is -0.0741. The Morgan fingerprint density at radius 2 is 1.74 bits per heavy atom. The molecule has 3 fully saturated rings. The number of rotatable bonds is 12. The van der Waals surface area contributed by atoms with Crippen LogP contribution in [-0.4, -0.2) is 18.2 Å². The molecule has 0 heterocycles. The van der Waals surface area contributed by atoms with E-state index in [1.165, 1.54) is 103 Å². The second kappa shape index (κ2) is 11.6. The van der Waals surface area contributed by atoms with E-state index in [1.54, 1.807) is 5.57 Å². The molecule has 7 atom stereocenters. The maximum absolute atomic E-state index is 7.58. The predicted octanol–water partition coefficient (Wildman–Crippen LogP) is 9.22. The summed E-state index contributed by atoms with van der Waals surface area (Å²) in [7, 11) is 0. The first kappa shape index (κ1) is 27.7. The zero-order chi connectivity index (χ0) is 25.1. The van der Waals surface area contributed by atoms with Gasteiger partial charge in [-0.15, -0.1) is 0 Å². The van der Waals surface area contributed by atoms with Gasteiger partial charge in [0.2, 0.25) is 0 Å². The van der Waals surface area contributed by atoms with Crippen molar-refractivity contribution in [1.29, 1.82) is 0 Å². The Kier molecular flexibility index (Phi) is 9.17. The Bertz CT molecular complexity index is 714. The van der Waals surface area contributed by atoms with E-state index in [1.807, 2.05) is 0 Å². The molecule has 0 aliphatic heterocycles. The van der Waals surface area contributed by atoms with E-state index in [0.717, 1.165) is 30.8 Å². The van der Waals surface area contributed by atoms with Gasteiger partial charge >= 0.3 is 0 Å². The van der Waals surface area contributed by atoms with Crippen LogP contribution >= 0.6 is 0 Å². The topological polar surface area (TPSA) is 35.2 Å². The quantitative estimate of drug-likeness (QED) is 0.221. The summed E-state index contributed by atoms with van der Waals surface area (Å²) < 4.78 is 6.41. The lowest BCUT2D eigenvalue weighted by Crippen LogP contribution is -2.66. The fourth-order valence-corrected chi connectivity index (χ4v) is 9.47. The molecule has 4 aliphatic rings. The highest BCUT2D eigenvalue weighted by Gasteiger charge is 2.63. The van der Waals surface area contributed by atoms with Crippen LogP contribution in [0.25, 0.3) is 0 Å². The molecular weight excluding hydrogens is 426 g/mol. The molecule has 7 unspecified atom stereocenters. The van der Waals surface area contributed by atoms with Gasteiger partial charge < -0.3 is 10.5 Å². The lowest BCUT2D eigenvalue weighted by atomic mass is 9.44. The molecule has 2 heteroatoms. The van der Waals surface area contributed by atoms with E-state index in [4.69, 9.17) is 10.5 Å². The zero-order valence-corrected chi connectivity index (χ0v) is 24.2. The summed E-state index contributed by atoms with van der Waals surface area (Å²) in [6, 6.07) is 0. The first-order chi connectivity index (χ1) is 16.7. The normalized spacial score (nSPS) is 40.8. The Hall–Kier alpha value is -0.340. The summed E-state index contributed by atoms with van der Waals surface area (Å²) in [6.07, 6.45) is 25.7. The number of nitrogens with two attached hydrogens (primary N) is 1. The van der Waals surface area contributed by atoms with Gasteiger partial charge in [0, 0.05) is 12.1 Å². The van der Waals surface area contributed by atoms with Gasteiger partial charge in [-0.25, -0.2) is 0 Å². The van der Waals surface area contributed by atoms with Crippen LogP contribution in [0.3, 0.4) is 0 Å². The summed E-state index contributed by atoms with van der Waals surface area (Å²) in [6.45, 7) is 13.2. The van der Waals surface area contributed by atoms with E-state index in [9.17, 15) is 0 Å². The average molecular weight is 486 g/mol. The first-order valence-corrected chi connectivity index (χ1v) is 15.8. The van der Waals surface area contributed by atoms with E-state index < -0.39 is 0 Å². The third kappa shape index (κ3) is 5.59. The van der Waals surface area contributed by atoms with E-state index in [2.05, 4.69) is 40.7 Å². The Morgan fingerprint density at radius 1 is 0.943 bits per heavy atom. The Morgan fingerprint density at radius 3 is 2.51 bits per heavy atom. The van der Waals surface area contributed by atoms with Crippen molar-refractivity contribution in [3.05, 3.63) is 11.6 Å². The van der Waals surface area contributed by atoms with Gasteiger partial charge in [0.15, 0.2) is 0 Å². The summed E-state index contributed by atoms with van der Waals surface area (Å²) in [5.74, 6) is 3.14. The maximum Gasteiger partial charge on any atom is 0.0612 e. The molecule has 2 N–H and O–H groups in total. The molecule has 0 aromatic heterocycles. The highest BCUT2D eigenvalue weighted by Crippen LogP contribution is 2.67. The van der Waals surface area contributed by atoms with Crippen molar-refractivity contribution in [3.63, 3.8) is 0 Å². The molecular formula is C33H59NO. The summed E-state index contributed by atoms with van der Waals surface area (Å²) in [4.78, 5) is 0. The molecule has 35 heavy (non-hydrogen) atoms. The number of ether oxygens (including phenoxy) is 1. The van der Waals surface area contributed by atoms with Crippen molar-refractivity contribution in [1.82, 2.24) is 0 Å². The molecule has 0 aromatic carbocycles. The average Bonchev–Trinajstić information content (AvgIpc) is 3.16. The van der Waals surface area contributed by atoms with Crippen LogP contribution in [0.1, 0.15) is 144 Å². The smallest absolute Gasteiger partial charge is 0.0612 e. The molecule has 4 aliphatic carbocycles. The third-order valence-electron chi connectivity index (χ3n) is 11.6. The van der Waals surface area contributed by atoms with Crippen LogP contribution in [0.5, 0.6) is 0 Å². The number of hydrogen-bond donors (Lipinski definition) is 1. The molecule has 0 saturated heterocycles. The largest absolute Gasteiger partial charge is 0.378 e. The molecule has 0 bridgehead atoms. The van der Waals surface area contributed by atoms with Gasteiger partial charge in [-0.2, -0.15) is 0 Å². The Balaban J connectivity index is 1.37. The van der Waals surface area contributed by atoms with Crippen LogP contribution in [0.2, 0.25) is 0 Å². The molecule has 202 valence electrons. The van der Waals surface area contributed by atoms with E-state index in [0.29, 0.717) is 22.9 Å². The SMILES string of the molecule is CCCCCCCOC1CCC2(C)C(=CCC3(N)C2CCC2(C)C(CCCCC(C)C)CCC23)C1. The number of fused-ring (bicyclic) bond motifs is 5. The lowest BCUT2D eigenvalue weighted by Gasteiger charge is -2.63. The van der Waals surface area contributed by atoms with Gasteiger partial charge in [0.25, 0.3) is 0 Å². The number of unbranched alkanes of at least 4 members (excludes halogenated alkanes) is 5. The molecule has 3 saturated carbocycles. The van der Waals surface area contributed by atoms with Crippen molar-refractivity contribution in [2.75, 3.05) is 6.61 Å². The van der Waals surface area contributed by atoms with Crippen molar-refractivity contribution in [2.45, 2.75) is 155 Å². The highest BCUT2D eigenvalue weighted by molar-refractivity contribution is 5.30. The minimum Gasteiger partial charge on any atom is -0.378 e. The van der Waals surface area contributed by atoms with Crippen LogP contribution in [0, 0.1) is 34.5 Å². The zero-order valence-electron chi connectivity index (χ0n) is 24.2. The highest BCUT2D eigenvalue weighted by atomic mass is 16.5. The van der Waals surface area contributed by atoms with Gasteiger partial charge in [-0.1, -0.05) is 91.2 Å². The molecule has 0 spiro atoms. The van der Waals surface area contributed by atoms with Crippen LogP contribution in [-0.2, 0) is 4.74 Å². The monoisotopic (exact) mass is 485 g/mol. The van der Waals surface area contributed by atoms with Gasteiger partial charge in [-0.3, -0.25) is 0 Å². The maximum atomic E-state index is 7.58. The van der Waals surface area contributed by atoms with Crippen molar-refractivity contribution >= 4 is 0 Å².